The molecule has 0 unspecified atom stereocenters. The molecular formula is C4H4BrNS2. The van der Waals surface area contributed by atoms with Crippen molar-refractivity contribution in [3.63, 3.8) is 0 Å². The minimum Gasteiger partial charge on any atom is -0.233 e. The summed E-state index contributed by atoms with van der Waals surface area (Å²) in [5.41, 5.74) is 1.03. The predicted octanol–water partition coefficient (Wildman–Crippen LogP) is 2.34. The first-order valence-corrected chi connectivity index (χ1v) is 4.34. The zero-order valence-electron chi connectivity index (χ0n) is 3.97. The monoisotopic (exact) mass is 209 g/mol. The van der Waals surface area contributed by atoms with Crippen LogP contribution in [0.3, 0.4) is 0 Å². The van der Waals surface area contributed by atoms with Crippen LogP contribution >= 0.6 is 39.9 Å². The Morgan fingerprint density at radius 2 is 2.62 bits per heavy atom. The van der Waals surface area contributed by atoms with Crippen LogP contribution in [0.1, 0.15) is 5.69 Å². The van der Waals surface area contributed by atoms with Crippen LogP contribution in [0.25, 0.3) is 0 Å². The summed E-state index contributed by atoms with van der Waals surface area (Å²) in [6.45, 7) is 0. The number of nitrogens with zero attached hydrogens (tertiary/aromatic N) is 1. The summed E-state index contributed by atoms with van der Waals surface area (Å²) >= 11 is 8.88. The molecule has 0 aromatic carbocycles. The maximum Gasteiger partial charge on any atom is 0.159 e. The minimum atomic E-state index is 0.724. The Morgan fingerprint density at radius 3 is 2.88 bits per heavy atom. The van der Waals surface area contributed by atoms with Gasteiger partial charge in [-0.3, -0.25) is 0 Å². The van der Waals surface area contributed by atoms with E-state index in [2.05, 4.69) is 33.5 Å². The molecule has 0 aliphatic heterocycles. The van der Waals surface area contributed by atoms with Gasteiger partial charge in [-0.1, -0.05) is 0 Å². The van der Waals surface area contributed by atoms with E-state index >= 15 is 0 Å². The SMILES string of the molecule is SCc1csc(Br)n1. The van der Waals surface area contributed by atoms with E-state index in [9.17, 15) is 0 Å². The Bertz CT molecular complexity index is 174. The van der Waals surface area contributed by atoms with Crippen LogP contribution in [0.15, 0.2) is 9.30 Å². The van der Waals surface area contributed by atoms with Gasteiger partial charge in [-0.05, 0) is 15.9 Å². The minimum absolute atomic E-state index is 0.724. The molecule has 0 atom stereocenters. The summed E-state index contributed by atoms with van der Waals surface area (Å²) in [6, 6.07) is 0. The second-order valence-electron chi connectivity index (χ2n) is 1.25. The Morgan fingerprint density at radius 1 is 1.88 bits per heavy atom. The fraction of sp³-hybridized carbons (Fsp3) is 0.250. The second-order valence-corrected chi connectivity index (χ2v) is 3.70. The smallest absolute Gasteiger partial charge is 0.159 e. The molecule has 0 saturated heterocycles. The highest BCUT2D eigenvalue weighted by Crippen LogP contribution is 2.16. The van der Waals surface area contributed by atoms with Gasteiger partial charge in [-0.25, -0.2) is 4.98 Å². The highest BCUT2D eigenvalue weighted by atomic mass is 79.9. The van der Waals surface area contributed by atoms with Gasteiger partial charge in [0.05, 0.1) is 5.69 Å². The molecule has 0 aliphatic rings. The molecule has 1 nitrogen and oxygen atoms in total. The Balaban J connectivity index is 2.84. The maximum absolute atomic E-state index is 4.09. The van der Waals surface area contributed by atoms with E-state index in [0.717, 1.165) is 15.4 Å². The lowest BCUT2D eigenvalue weighted by Gasteiger charge is -1.78. The van der Waals surface area contributed by atoms with E-state index in [1.54, 1.807) is 11.3 Å². The highest BCUT2D eigenvalue weighted by Gasteiger charge is 1.93. The molecule has 1 rings (SSSR count). The van der Waals surface area contributed by atoms with Gasteiger partial charge in [0.25, 0.3) is 0 Å². The van der Waals surface area contributed by atoms with Crippen molar-refractivity contribution in [2.75, 3.05) is 0 Å². The first-order chi connectivity index (χ1) is 3.83. The predicted molar refractivity (Wildman–Crippen MR) is 42.5 cm³/mol. The van der Waals surface area contributed by atoms with Crippen molar-refractivity contribution in [2.24, 2.45) is 0 Å². The van der Waals surface area contributed by atoms with Crippen LogP contribution in [0.5, 0.6) is 0 Å². The van der Waals surface area contributed by atoms with Crippen molar-refractivity contribution in [3.05, 3.63) is 15.0 Å². The van der Waals surface area contributed by atoms with Gasteiger partial charge in [0.15, 0.2) is 3.92 Å². The lowest BCUT2D eigenvalue weighted by Crippen LogP contribution is -1.72. The van der Waals surface area contributed by atoms with Crippen molar-refractivity contribution in [2.45, 2.75) is 5.75 Å². The first kappa shape index (κ1) is 6.58. The number of halogens is 1. The van der Waals surface area contributed by atoms with Crippen molar-refractivity contribution < 1.29 is 0 Å². The molecule has 8 heavy (non-hydrogen) atoms. The van der Waals surface area contributed by atoms with Crippen molar-refractivity contribution in [1.82, 2.24) is 4.98 Å². The second kappa shape index (κ2) is 2.85. The van der Waals surface area contributed by atoms with Gasteiger partial charge >= 0.3 is 0 Å². The zero-order valence-corrected chi connectivity index (χ0v) is 7.26. The van der Waals surface area contributed by atoms with Crippen molar-refractivity contribution >= 4 is 39.9 Å². The van der Waals surface area contributed by atoms with E-state index in [0.29, 0.717) is 0 Å². The van der Waals surface area contributed by atoms with Crippen molar-refractivity contribution in [3.8, 4) is 0 Å². The fourth-order valence-electron chi connectivity index (χ4n) is 0.355. The van der Waals surface area contributed by atoms with Crippen LogP contribution < -0.4 is 0 Å². The Labute approximate surface area is 65.7 Å². The van der Waals surface area contributed by atoms with E-state index < -0.39 is 0 Å². The molecule has 1 aromatic heterocycles. The summed E-state index contributed by atoms with van der Waals surface area (Å²) in [5, 5.41) is 1.98. The van der Waals surface area contributed by atoms with Crippen LogP contribution in [-0.2, 0) is 5.75 Å². The molecule has 0 spiro atoms. The van der Waals surface area contributed by atoms with Gasteiger partial charge in [0, 0.05) is 11.1 Å². The van der Waals surface area contributed by atoms with Gasteiger partial charge < -0.3 is 0 Å². The van der Waals surface area contributed by atoms with Crippen LogP contribution in [0, 0.1) is 0 Å². The average Bonchev–Trinajstić information content (AvgIpc) is 2.14. The molecule has 0 radical (unpaired) electrons. The molecule has 0 fully saturated rings. The van der Waals surface area contributed by atoms with Crippen molar-refractivity contribution in [1.29, 1.82) is 0 Å². The summed E-state index contributed by atoms with van der Waals surface area (Å²) in [4.78, 5) is 4.09. The fourth-order valence-corrected chi connectivity index (χ4v) is 1.69. The molecule has 0 amide bonds. The van der Waals surface area contributed by atoms with Gasteiger partial charge in [0.2, 0.25) is 0 Å². The Hall–Kier alpha value is 0.460. The number of rotatable bonds is 1. The summed E-state index contributed by atoms with van der Waals surface area (Å²) in [5.74, 6) is 0.724. The van der Waals surface area contributed by atoms with Crippen LogP contribution in [-0.4, -0.2) is 4.98 Å². The maximum atomic E-state index is 4.09. The molecule has 4 heteroatoms. The van der Waals surface area contributed by atoms with Crippen LogP contribution in [0.4, 0.5) is 0 Å². The summed E-state index contributed by atoms with van der Waals surface area (Å²) in [6.07, 6.45) is 0. The molecular weight excluding hydrogens is 206 g/mol. The molecule has 0 aliphatic carbocycles. The number of hydrogen-bond acceptors (Lipinski definition) is 3. The van der Waals surface area contributed by atoms with Gasteiger partial charge in [0.1, 0.15) is 0 Å². The highest BCUT2D eigenvalue weighted by molar-refractivity contribution is 9.11. The standard InChI is InChI=1S/C4H4BrNS2/c5-4-6-3(1-7)2-8-4/h2,7H,1H2. The largest absolute Gasteiger partial charge is 0.233 e. The van der Waals surface area contributed by atoms with Gasteiger partial charge in [-0.15, -0.1) is 11.3 Å². The number of hydrogen-bond donors (Lipinski definition) is 1. The lowest BCUT2D eigenvalue weighted by molar-refractivity contribution is 1.22. The number of thiol groups is 1. The third-order valence-electron chi connectivity index (χ3n) is 0.686. The van der Waals surface area contributed by atoms with Gasteiger partial charge in [-0.2, -0.15) is 12.6 Å². The molecule has 0 bridgehead atoms. The molecule has 1 aromatic rings. The lowest BCUT2D eigenvalue weighted by atomic mass is 10.6. The molecule has 0 saturated carbocycles. The first-order valence-electron chi connectivity index (χ1n) is 2.03. The topological polar surface area (TPSA) is 12.9 Å². The summed E-state index contributed by atoms with van der Waals surface area (Å²) < 4.78 is 0.932. The van der Waals surface area contributed by atoms with E-state index in [4.69, 9.17) is 0 Å². The van der Waals surface area contributed by atoms with Crippen LogP contribution in [0.2, 0.25) is 0 Å². The quantitative estimate of drug-likeness (QED) is 0.702. The normalized spacial score (nSPS) is 9.75. The Kier molecular flexibility index (Phi) is 2.34. The van der Waals surface area contributed by atoms with E-state index in [1.165, 1.54) is 0 Å². The third-order valence-corrected chi connectivity index (χ3v) is 2.42. The average molecular weight is 210 g/mol. The van der Waals surface area contributed by atoms with E-state index in [-0.39, 0.29) is 0 Å². The zero-order chi connectivity index (χ0) is 5.98. The molecule has 44 valence electrons. The number of thiazole rings is 1. The molecule has 0 N–H and O–H groups in total. The summed E-state index contributed by atoms with van der Waals surface area (Å²) in [7, 11) is 0. The number of aromatic nitrogens is 1. The third kappa shape index (κ3) is 1.47. The van der Waals surface area contributed by atoms with E-state index in [1.807, 2.05) is 5.38 Å². The molecule has 1 heterocycles.